The van der Waals surface area contributed by atoms with Gasteiger partial charge in [0, 0.05) is 12.0 Å². The number of carbonyl (C=O) groups excluding carboxylic acids is 1. The molecule has 0 amide bonds. The van der Waals surface area contributed by atoms with Crippen molar-refractivity contribution in [2.24, 2.45) is 5.73 Å². The van der Waals surface area contributed by atoms with Gasteiger partial charge in [-0.1, -0.05) is 24.3 Å². The van der Waals surface area contributed by atoms with Gasteiger partial charge in [0.15, 0.2) is 0 Å². The smallest absolute Gasteiger partial charge is 0.335 e. The number of hydrogen-bond acceptors (Lipinski definition) is 5. The van der Waals surface area contributed by atoms with Gasteiger partial charge in [-0.05, 0) is 29.3 Å². The van der Waals surface area contributed by atoms with Crippen LogP contribution in [0.5, 0.6) is 5.75 Å². The highest BCUT2D eigenvalue weighted by Gasteiger charge is 2.44. The number of ether oxygens (including phenoxy) is 2. The molecule has 0 saturated carbocycles. The van der Waals surface area contributed by atoms with Crippen LogP contribution in [-0.2, 0) is 14.9 Å². The summed E-state index contributed by atoms with van der Waals surface area (Å²) in [6.45, 7) is 0. The molecule has 1 aliphatic carbocycles. The number of rotatable bonds is 3. The van der Waals surface area contributed by atoms with Crippen LogP contribution >= 0.6 is 0 Å². The number of hydrogen-bond donors (Lipinski definition) is 1. The van der Waals surface area contributed by atoms with Gasteiger partial charge in [0.2, 0.25) is 0 Å². The van der Waals surface area contributed by atoms with E-state index in [-0.39, 0.29) is 17.7 Å². The normalized spacial score (nSPS) is 18.7. The van der Waals surface area contributed by atoms with E-state index in [1.165, 1.54) is 38.5 Å². The Bertz CT molecular complexity index is 945. The molecule has 5 nitrogen and oxygen atoms in total. The molecule has 3 rings (SSSR count). The van der Waals surface area contributed by atoms with Crippen LogP contribution in [0, 0.1) is 17.1 Å². The molecule has 2 aromatic carbocycles. The first-order valence-corrected chi connectivity index (χ1v) is 7.90. The summed E-state index contributed by atoms with van der Waals surface area (Å²) in [7, 11) is 2.74. The molecular weight excluding hydrogens is 335 g/mol. The maximum absolute atomic E-state index is 13.4. The average Bonchev–Trinajstić information content (AvgIpc) is 2.68. The van der Waals surface area contributed by atoms with E-state index in [4.69, 9.17) is 15.2 Å². The fourth-order valence-electron chi connectivity index (χ4n) is 3.40. The van der Waals surface area contributed by atoms with Crippen molar-refractivity contribution in [1.82, 2.24) is 0 Å². The number of halogens is 1. The number of fused-ring (bicyclic) bond motifs is 1. The third kappa shape index (κ3) is 2.49. The first-order chi connectivity index (χ1) is 12.5. The van der Waals surface area contributed by atoms with Gasteiger partial charge >= 0.3 is 5.97 Å². The minimum atomic E-state index is -1.22. The summed E-state index contributed by atoms with van der Waals surface area (Å²) in [5.41, 5.74) is 7.09. The van der Waals surface area contributed by atoms with Gasteiger partial charge in [-0.15, -0.1) is 0 Å². The van der Waals surface area contributed by atoms with Crippen molar-refractivity contribution < 1.29 is 18.7 Å². The van der Waals surface area contributed by atoms with Crippen LogP contribution in [0.25, 0.3) is 5.70 Å². The van der Waals surface area contributed by atoms with Gasteiger partial charge in [-0.2, -0.15) is 5.26 Å². The number of benzene rings is 2. The Balaban J connectivity index is 2.37. The number of nitrogens with zero attached hydrogens (tertiary/aromatic N) is 1. The minimum Gasteiger partial charge on any atom is -0.496 e. The zero-order valence-corrected chi connectivity index (χ0v) is 14.4. The SMILES string of the molecule is COC(=O)C1=C(N)c2c(OC)cccc2C(C#N)(c2ccc(F)cc2)C1. The lowest BCUT2D eigenvalue weighted by Gasteiger charge is -2.35. The van der Waals surface area contributed by atoms with Crippen molar-refractivity contribution in [3.05, 3.63) is 70.5 Å². The lowest BCUT2D eigenvalue weighted by molar-refractivity contribution is -0.136. The van der Waals surface area contributed by atoms with Crippen molar-refractivity contribution in [3.8, 4) is 11.8 Å². The van der Waals surface area contributed by atoms with Gasteiger partial charge < -0.3 is 15.2 Å². The second kappa shape index (κ2) is 6.52. The summed E-state index contributed by atoms with van der Waals surface area (Å²) in [6.07, 6.45) is 0.0216. The maximum Gasteiger partial charge on any atom is 0.335 e. The lowest BCUT2D eigenvalue weighted by Crippen LogP contribution is -2.34. The van der Waals surface area contributed by atoms with E-state index in [1.54, 1.807) is 18.2 Å². The summed E-state index contributed by atoms with van der Waals surface area (Å²) in [5.74, 6) is -0.574. The van der Waals surface area contributed by atoms with Crippen LogP contribution in [0.2, 0.25) is 0 Å². The third-order valence-electron chi connectivity index (χ3n) is 4.70. The van der Waals surface area contributed by atoms with Gasteiger partial charge in [0.1, 0.15) is 17.0 Å². The zero-order valence-electron chi connectivity index (χ0n) is 14.4. The summed E-state index contributed by atoms with van der Waals surface area (Å²) in [5, 5.41) is 10.1. The average molecular weight is 352 g/mol. The number of esters is 1. The lowest BCUT2D eigenvalue weighted by atomic mass is 9.66. The third-order valence-corrected chi connectivity index (χ3v) is 4.70. The molecule has 26 heavy (non-hydrogen) atoms. The number of carbonyl (C=O) groups is 1. The Hall–Kier alpha value is -3.33. The van der Waals surface area contributed by atoms with E-state index in [0.29, 0.717) is 22.4 Å². The predicted octanol–water partition coefficient (Wildman–Crippen LogP) is 2.89. The summed E-state index contributed by atoms with van der Waals surface area (Å²) in [4.78, 5) is 12.3. The molecule has 0 aliphatic heterocycles. The Labute approximate surface area is 150 Å². The Morgan fingerprint density at radius 1 is 1.23 bits per heavy atom. The van der Waals surface area contributed by atoms with E-state index in [0.717, 1.165) is 0 Å². The summed E-state index contributed by atoms with van der Waals surface area (Å²) < 4.78 is 23.7. The van der Waals surface area contributed by atoms with E-state index in [9.17, 15) is 14.4 Å². The van der Waals surface area contributed by atoms with Crippen molar-refractivity contribution in [3.63, 3.8) is 0 Å². The first kappa shape index (κ1) is 17.5. The monoisotopic (exact) mass is 352 g/mol. The van der Waals surface area contributed by atoms with E-state index < -0.39 is 17.2 Å². The van der Waals surface area contributed by atoms with Gasteiger partial charge in [0.25, 0.3) is 0 Å². The molecule has 2 aromatic rings. The molecule has 6 heteroatoms. The van der Waals surface area contributed by atoms with Crippen LogP contribution in [0.1, 0.15) is 23.1 Å². The zero-order chi connectivity index (χ0) is 18.9. The second-order valence-electron chi connectivity index (χ2n) is 5.97. The highest BCUT2D eigenvalue weighted by molar-refractivity contribution is 6.00. The quantitative estimate of drug-likeness (QED) is 0.859. The highest BCUT2D eigenvalue weighted by Crippen LogP contribution is 2.48. The van der Waals surface area contributed by atoms with Crippen molar-refractivity contribution in [1.29, 1.82) is 5.26 Å². The fourth-order valence-corrected chi connectivity index (χ4v) is 3.40. The standard InChI is InChI=1S/C20H17FN2O3/c1-25-16-5-3-4-15-17(16)18(23)14(19(24)26-2)10-20(15,11-22)12-6-8-13(21)9-7-12/h3-9H,10,23H2,1-2H3. The van der Waals surface area contributed by atoms with Gasteiger partial charge in [0.05, 0.1) is 31.6 Å². The molecule has 0 heterocycles. The van der Waals surface area contributed by atoms with E-state index in [2.05, 4.69) is 6.07 Å². The molecule has 0 radical (unpaired) electrons. The largest absolute Gasteiger partial charge is 0.496 e. The molecule has 1 aliphatic rings. The van der Waals surface area contributed by atoms with Crippen molar-refractivity contribution >= 4 is 11.7 Å². The van der Waals surface area contributed by atoms with E-state index >= 15 is 0 Å². The molecule has 1 atom stereocenters. The molecule has 0 saturated heterocycles. The molecular formula is C20H17FN2O3. The highest BCUT2D eigenvalue weighted by atomic mass is 19.1. The minimum absolute atomic E-state index is 0.0216. The van der Waals surface area contributed by atoms with Crippen LogP contribution < -0.4 is 10.5 Å². The molecule has 132 valence electrons. The molecule has 2 N–H and O–H groups in total. The number of nitrogens with two attached hydrogens (primary N) is 1. The number of nitriles is 1. The summed E-state index contributed by atoms with van der Waals surface area (Å²) in [6, 6.07) is 13.2. The Morgan fingerprint density at radius 2 is 1.92 bits per heavy atom. The second-order valence-corrected chi connectivity index (χ2v) is 5.97. The molecule has 0 bridgehead atoms. The van der Waals surface area contributed by atoms with Crippen LogP contribution in [0.4, 0.5) is 4.39 Å². The molecule has 0 aromatic heterocycles. The first-order valence-electron chi connectivity index (χ1n) is 7.90. The van der Waals surface area contributed by atoms with E-state index in [1.807, 2.05) is 0 Å². The Morgan fingerprint density at radius 3 is 2.50 bits per heavy atom. The fraction of sp³-hybridized carbons (Fsp3) is 0.200. The predicted molar refractivity (Wildman–Crippen MR) is 93.5 cm³/mol. The molecule has 0 fully saturated rings. The Kier molecular flexibility index (Phi) is 4.39. The van der Waals surface area contributed by atoms with Gasteiger partial charge in [-0.25, -0.2) is 9.18 Å². The topological polar surface area (TPSA) is 85.3 Å². The van der Waals surface area contributed by atoms with Crippen LogP contribution in [0.3, 0.4) is 0 Å². The number of methoxy groups -OCH3 is 2. The van der Waals surface area contributed by atoms with Crippen LogP contribution in [0.15, 0.2) is 48.0 Å². The maximum atomic E-state index is 13.4. The van der Waals surface area contributed by atoms with Gasteiger partial charge in [-0.3, -0.25) is 0 Å². The summed E-state index contributed by atoms with van der Waals surface area (Å²) >= 11 is 0. The van der Waals surface area contributed by atoms with Crippen molar-refractivity contribution in [2.75, 3.05) is 14.2 Å². The molecule has 0 spiro atoms. The van der Waals surface area contributed by atoms with Crippen molar-refractivity contribution in [2.45, 2.75) is 11.8 Å². The molecule has 1 unspecified atom stereocenters. The van der Waals surface area contributed by atoms with Crippen LogP contribution in [-0.4, -0.2) is 20.2 Å².